The van der Waals surface area contributed by atoms with Gasteiger partial charge in [-0.05, 0) is 38.0 Å². The predicted molar refractivity (Wildman–Crippen MR) is 75.4 cm³/mol. The maximum Gasteiger partial charge on any atom is 0.243 e. The van der Waals surface area contributed by atoms with Gasteiger partial charge in [-0.25, -0.2) is 8.42 Å². The van der Waals surface area contributed by atoms with E-state index in [-0.39, 0.29) is 6.04 Å². The Labute approximate surface area is 115 Å². The molecule has 3 nitrogen and oxygen atoms in total. The molecule has 0 bridgehead atoms. The Balaban J connectivity index is 3.35. The van der Waals surface area contributed by atoms with Crippen molar-refractivity contribution >= 4 is 21.6 Å². The van der Waals surface area contributed by atoms with Gasteiger partial charge in [-0.2, -0.15) is 4.31 Å². The first-order valence-corrected chi connectivity index (χ1v) is 7.99. The van der Waals surface area contributed by atoms with Gasteiger partial charge in [-0.15, -0.1) is 11.6 Å². The van der Waals surface area contributed by atoms with E-state index in [1.54, 1.807) is 19.1 Å². The van der Waals surface area contributed by atoms with Crippen molar-refractivity contribution in [1.29, 1.82) is 0 Å². The molecule has 0 aromatic heterocycles. The zero-order chi connectivity index (χ0) is 13.9. The van der Waals surface area contributed by atoms with Crippen LogP contribution < -0.4 is 0 Å². The molecular formula is C13H20ClNO2S. The number of aryl methyl sites for hydroxylation is 1. The maximum absolute atomic E-state index is 12.6. The summed E-state index contributed by atoms with van der Waals surface area (Å²) in [7, 11) is -3.44. The lowest BCUT2D eigenvalue weighted by atomic mass is 10.2. The van der Waals surface area contributed by atoms with Crippen molar-refractivity contribution in [2.75, 3.05) is 6.54 Å². The van der Waals surface area contributed by atoms with Gasteiger partial charge in [0.2, 0.25) is 10.0 Å². The average Bonchev–Trinajstić information content (AvgIpc) is 2.29. The zero-order valence-electron chi connectivity index (χ0n) is 11.3. The van der Waals surface area contributed by atoms with Gasteiger partial charge in [0.1, 0.15) is 0 Å². The molecule has 18 heavy (non-hydrogen) atoms. The molecule has 5 heteroatoms. The van der Waals surface area contributed by atoms with Gasteiger partial charge in [0.25, 0.3) is 0 Å². The van der Waals surface area contributed by atoms with E-state index in [9.17, 15) is 8.42 Å². The second kappa shape index (κ2) is 6.04. The number of rotatable bonds is 5. The highest BCUT2D eigenvalue weighted by molar-refractivity contribution is 7.89. The lowest BCUT2D eigenvalue weighted by Gasteiger charge is -2.25. The topological polar surface area (TPSA) is 37.4 Å². The highest BCUT2D eigenvalue weighted by Gasteiger charge is 2.27. The standard InChI is InChI=1S/C13H20ClNO2S/c1-5-15(10(2)3)18(16,17)13-8-12(9-14)7-6-11(13)4/h6-8,10H,5,9H2,1-4H3. The van der Waals surface area contributed by atoms with Crippen LogP contribution in [0.5, 0.6) is 0 Å². The second-order valence-electron chi connectivity index (χ2n) is 4.54. The normalized spacial score (nSPS) is 12.4. The molecule has 0 spiro atoms. The molecule has 0 aliphatic carbocycles. The minimum atomic E-state index is -3.44. The smallest absolute Gasteiger partial charge is 0.207 e. The van der Waals surface area contributed by atoms with Crippen LogP contribution in [-0.4, -0.2) is 25.3 Å². The highest BCUT2D eigenvalue weighted by Crippen LogP contribution is 2.23. The molecule has 0 N–H and O–H groups in total. The van der Waals surface area contributed by atoms with Gasteiger partial charge < -0.3 is 0 Å². The third-order valence-electron chi connectivity index (χ3n) is 2.88. The van der Waals surface area contributed by atoms with Crippen molar-refractivity contribution < 1.29 is 8.42 Å². The van der Waals surface area contributed by atoms with E-state index in [1.807, 2.05) is 26.8 Å². The summed E-state index contributed by atoms with van der Waals surface area (Å²) in [6, 6.07) is 5.27. The molecule has 0 fully saturated rings. The number of hydrogen-bond donors (Lipinski definition) is 0. The largest absolute Gasteiger partial charge is 0.243 e. The fourth-order valence-electron chi connectivity index (χ4n) is 1.94. The van der Waals surface area contributed by atoms with Crippen LogP contribution in [0, 0.1) is 6.92 Å². The summed E-state index contributed by atoms with van der Waals surface area (Å²) in [5.74, 6) is 0.316. The Hall–Kier alpha value is -0.580. The van der Waals surface area contributed by atoms with Crippen LogP contribution in [0.2, 0.25) is 0 Å². The minimum absolute atomic E-state index is 0.0564. The molecule has 0 saturated heterocycles. The molecule has 0 aliphatic heterocycles. The number of benzene rings is 1. The van der Waals surface area contributed by atoms with Gasteiger partial charge in [-0.1, -0.05) is 19.1 Å². The molecule has 0 unspecified atom stereocenters. The average molecular weight is 290 g/mol. The molecule has 0 atom stereocenters. The Morgan fingerprint density at radius 3 is 2.39 bits per heavy atom. The van der Waals surface area contributed by atoms with Gasteiger partial charge in [0.15, 0.2) is 0 Å². The molecule has 1 rings (SSSR count). The summed E-state index contributed by atoms with van der Waals surface area (Å²) in [6.45, 7) is 7.87. The second-order valence-corrected chi connectivity index (χ2v) is 6.66. The number of nitrogens with zero attached hydrogens (tertiary/aromatic N) is 1. The molecular weight excluding hydrogens is 270 g/mol. The fraction of sp³-hybridized carbons (Fsp3) is 0.538. The van der Waals surface area contributed by atoms with E-state index in [2.05, 4.69) is 0 Å². The number of sulfonamides is 1. The SMILES string of the molecule is CCN(C(C)C)S(=O)(=O)c1cc(CCl)ccc1C. The number of alkyl halides is 1. The van der Waals surface area contributed by atoms with Crippen LogP contribution >= 0.6 is 11.6 Å². The summed E-state index contributed by atoms with van der Waals surface area (Å²) < 4.78 is 26.6. The Morgan fingerprint density at radius 2 is 1.94 bits per heavy atom. The monoisotopic (exact) mass is 289 g/mol. The third-order valence-corrected chi connectivity index (χ3v) is 5.48. The van der Waals surface area contributed by atoms with Crippen LogP contribution in [-0.2, 0) is 15.9 Å². The first-order valence-electron chi connectivity index (χ1n) is 6.02. The molecule has 1 aromatic rings. The van der Waals surface area contributed by atoms with Crippen molar-refractivity contribution in [3.8, 4) is 0 Å². The van der Waals surface area contributed by atoms with E-state index >= 15 is 0 Å². The molecule has 0 heterocycles. The summed E-state index contributed by atoms with van der Waals surface area (Å²) in [4.78, 5) is 0.358. The van der Waals surface area contributed by atoms with Crippen molar-refractivity contribution in [2.45, 2.75) is 44.5 Å². The lowest BCUT2D eigenvalue weighted by molar-refractivity contribution is 0.369. The summed E-state index contributed by atoms with van der Waals surface area (Å²) in [6.07, 6.45) is 0. The van der Waals surface area contributed by atoms with Crippen molar-refractivity contribution in [3.63, 3.8) is 0 Å². The highest BCUT2D eigenvalue weighted by atomic mass is 35.5. The Bertz CT molecular complexity index is 512. The molecule has 0 amide bonds. The quantitative estimate of drug-likeness (QED) is 0.781. The summed E-state index contributed by atoms with van der Waals surface area (Å²) >= 11 is 5.77. The first kappa shape index (κ1) is 15.5. The molecule has 102 valence electrons. The van der Waals surface area contributed by atoms with Gasteiger partial charge >= 0.3 is 0 Å². The van der Waals surface area contributed by atoms with Gasteiger partial charge in [0, 0.05) is 18.5 Å². The van der Waals surface area contributed by atoms with Crippen molar-refractivity contribution in [2.24, 2.45) is 0 Å². The van der Waals surface area contributed by atoms with E-state index in [1.165, 1.54) is 4.31 Å². The fourth-order valence-corrected chi connectivity index (χ4v) is 4.03. The van der Waals surface area contributed by atoms with E-state index in [0.717, 1.165) is 11.1 Å². The molecule has 0 aliphatic rings. The number of hydrogen-bond acceptors (Lipinski definition) is 2. The van der Waals surface area contributed by atoms with Crippen LogP contribution in [0.3, 0.4) is 0 Å². The lowest BCUT2D eigenvalue weighted by Crippen LogP contribution is -2.37. The molecule has 0 radical (unpaired) electrons. The molecule has 0 saturated carbocycles. The van der Waals surface area contributed by atoms with Crippen LogP contribution in [0.15, 0.2) is 23.1 Å². The van der Waals surface area contributed by atoms with Crippen LogP contribution in [0.4, 0.5) is 0 Å². The van der Waals surface area contributed by atoms with E-state index in [0.29, 0.717) is 17.3 Å². The van der Waals surface area contributed by atoms with E-state index < -0.39 is 10.0 Å². The predicted octanol–water partition coefficient (Wildman–Crippen LogP) is 3.15. The maximum atomic E-state index is 12.6. The summed E-state index contributed by atoms with van der Waals surface area (Å²) in [5, 5.41) is 0. The van der Waals surface area contributed by atoms with Crippen LogP contribution in [0.1, 0.15) is 31.9 Å². The van der Waals surface area contributed by atoms with Gasteiger partial charge in [-0.3, -0.25) is 0 Å². The number of halogens is 1. The zero-order valence-corrected chi connectivity index (χ0v) is 12.8. The first-order chi connectivity index (χ1) is 8.34. The van der Waals surface area contributed by atoms with Crippen LogP contribution in [0.25, 0.3) is 0 Å². The molecule has 1 aromatic carbocycles. The Morgan fingerprint density at radius 1 is 1.33 bits per heavy atom. The van der Waals surface area contributed by atoms with Crippen molar-refractivity contribution in [1.82, 2.24) is 4.31 Å². The van der Waals surface area contributed by atoms with Gasteiger partial charge in [0.05, 0.1) is 4.90 Å². The van der Waals surface area contributed by atoms with Crippen molar-refractivity contribution in [3.05, 3.63) is 29.3 Å². The van der Waals surface area contributed by atoms with E-state index in [4.69, 9.17) is 11.6 Å². The minimum Gasteiger partial charge on any atom is -0.207 e. The summed E-state index contributed by atoms with van der Waals surface area (Å²) in [5.41, 5.74) is 1.57. The Kier molecular flexibility index (Phi) is 5.20. The third kappa shape index (κ3) is 3.05.